The number of ketones is 1. The standard InChI is InChI=1S/C24H16BrClO4/c1-14-19(30-24(28)21(26)15-7-3-2-4-8-15)12-11-17-22(27)20(29-23(14)17)13-16-9-5-6-10-18(16)25/h2-13,21H,1H3/b20-13-. The molecule has 3 aromatic rings. The average molecular weight is 484 g/mol. The third-order valence-corrected chi connectivity index (χ3v) is 5.89. The van der Waals surface area contributed by atoms with Gasteiger partial charge in [-0.25, -0.2) is 4.79 Å². The number of carbonyl (C=O) groups excluding carboxylic acids is 2. The average Bonchev–Trinajstić information content (AvgIpc) is 3.08. The van der Waals surface area contributed by atoms with Crippen molar-refractivity contribution in [3.8, 4) is 11.5 Å². The van der Waals surface area contributed by atoms with Gasteiger partial charge in [-0.2, -0.15) is 0 Å². The van der Waals surface area contributed by atoms with Crippen LogP contribution in [0.4, 0.5) is 0 Å². The number of rotatable bonds is 4. The molecule has 0 saturated heterocycles. The van der Waals surface area contributed by atoms with E-state index >= 15 is 0 Å². The highest BCUT2D eigenvalue weighted by atomic mass is 79.9. The molecule has 1 unspecified atom stereocenters. The summed E-state index contributed by atoms with van der Waals surface area (Å²) >= 11 is 9.72. The number of esters is 1. The van der Waals surface area contributed by atoms with Gasteiger partial charge in [0.25, 0.3) is 0 Å². The molecule has 0 fully saturated rings. The highest BCUT2D eigenvalue weighted by Gasteiger charge is 2.31. The minimum absolute atomic E-state index is 0.211. The third-order valence-electron chi connectivity index (χ3n) is 4.74. The first kappa shape index (κ1) is 20.4. The van der Waals surface area contributed by atoms with E-state index < -0.39 is 11.3 Å². The van der Waals surface area contributed by atoms with Crippen molar-refractivity contribution in [3.05, 3.63) is 99.2 Å². The van der Waals surface area contributed by atoms with Crippen molar-refractivity contribution in [1.29, 1.82) is 0 Å². The molecule has 0 spiro atoms. The number of fused-ring (bicyclic) bond motifs is 1. The predicted molar refractivity (Wildman–Crippen MR) is 119 cm³/mol. The Labute approximate surface area is 187 Å². The van der Waals surface area contributed by atoms with Gasteiger partial charge in [-0.3, -0.25) is 4.79 Å². The fourth-order valence-corrected chi connectivity index (χ4v) is 3.72. The summed E-state index contributed by atoms with van der Waals surface area (Å²) in [7, 11) is 0. The van der Waals surface area contributed by atoms with Crippen LogP contribution < -0.4 is 9.47 Å². The quantitative estimate of drug-likeness (QED) is 0.190. The second kappa shape index (κ2) is 8.46. The van der Waals surface area contributed by atoms with Gasteiger partial charge in [-0.1, -0.05) is 64.5 Å². The molecule has 0 N–H and O–H groups in total. The molecule has 6 heteroatoms. The molecule has 3 aromatic carbocycles. The molecule has 4 rings (SSSR count). The van der Waals surface area contributed by atoms with Gasteiger partial charge in [0.2, 0.25) is 5.78 Å². The van der Waals surface area contributed by atoms with E-state index in [1.54, 1.807) is 49.4 Å². The van der Waals surface area contributed by atoms with E-state index in [2.05, 4.69) is 15.9 Å². The van der Waals surface area contributed by atoms with E-state index in [0.717, 1.165) is 10.0 Å². The van der Waals surface area contributed by atoms with Gasteiger partial charge in [-0.05, 0) is 42.3 Å². The maximum Gasteiger partial charge on any atom is 0.334 e. The van der Waals surface area contributed by atoms with Gasteiger partial charge in [0.05, 0.1) is 5.56 Å². The summed E-state index contributed by atoms with van der Waals surface area (Å²) < 4.78 is 12.2. The largest absolute Gasteiger partial charge is 0.452 e. The monoisotopic (exact) mass is 482 g/mol. The molecule has 0 aliphatic carbocycles. The van der Waals surface area contributed by atoms with Crippen LogP contribution in [0.5, 0.6) is 11.5 Å². The zero-order valence-electron chi connectivity index (χ0n) is 15.9. The van der Waals surface area contributed by atoms with E-state index in [4.69, 9.17) is 21.1 Å². The van der Waals surface area contributed by atoms with Gasteiger partial charge in [0.15, 0.2) is 11.1 Å². The van der Waals surface area contributed by atoms with Crippen molar-refractivity contribution >= 4 is 45.4 Å². The summed E-state index contributed by atoms with van der Waals surface area (Å²) in [6.45, 7) is 1.74. The molecule has 150 valence electrons. The van der Waals surface area contributed by atoms with Crippen LogP contribution in [0, 0.1) is 6.92 Å². The second-order valence-electron chi connectivity index (χ2n) is 6.72. The molecule has 1 atom stereocenters. The van der Waals surface area contributed by atoms with Crippen molar-refractivity contribution in [2.45, 2.75) is 12.3 Å². The van der Waals surface area contributed by atoms with E-state index in [1.165, 1.54) is 0 Å². The number of ether oxygens (including phenoxy) is 2. The van der Waals surface area contributed by atoms with E-state index in [9.17, 15) is 9.59 Å². The Morgan fingerprint density at radius 1 is 1.07 bits per heavy atom. The number of hydrogen-bond acceptors (Lipinski definition) is 4. The first-order chi connectivity index (χ1) is 14.5. The number of carbonyl (C=O) groups is 2. The molecule has 0 radical (unpaired) electrons. The van der Waals surface area contributed by atoms with E-state index in [-0.39, 0.29) is 11.5 Å². The molecule has 0 amide bonds. The maximum atomic E-state index is 12.8. The maximum absolute atomic E-state index is 12.8. The summed E-state index contributed by atoms with van der Waals surface area (Å²) in [5.74, 6) is 0.0770. The highest BCUT2D eigenvalue weighted by molar-refractivity contribution is 9.10. The van der Waals surface area contributed by atoms with Crippen molar-refractivity contribution in [3.63, 3.8) is 0 Å². The zero-order valence-corrected chi connectivity index (χ0v) is 18.2. The van der Waals surface area contributed by atoms with Crippen LogP contribution in [-0.4, -0.2) is 11.8 Å². The van der Waals surface area contributed by atoms with Crippen LogP contribution in [0.3, 0.4) is 0 Å². The van der Waals surface area contributed by atoms with Crippen LogP contribution in [0.2, 0.25) is 0 Å². The Balaban J connectivity index is 1.59. The molecular formula is C24H16BrClO4. The van der Waals surface area contributed by atoms with Gasteiger partial charge in [0.1, 0.15) is 11.5 Å². The summed E-state index contributed by atoms with van der Waals surface area (Å²) in [6.07, 6.45) is 1.68. The van der Waals surface area contributed by atoms with Crippen LogP contribution in [0.1, 0.15) is 32.4 Å². The molecule has 30 heavy (non-hydrogen) atoms. The molecule has 4 nitrogen and oxygen atoms in total. The van der Waals surface area contributed by atoms with Gasteiger partial charge in [-0.15, -0.1) is 11.6 Å². The lowest BCUT2D eigenvalue weighted by atomic mass is 10.1. The summed E-state index contributed by atoms with van der Waals surface area (Å²) in [6, 6.07) is 19.7. The molecule has 1 heterocycles. The van der Waals surface area contributed by atoms with Crippen LogP contribution in [0.15, 0.2) is 77.0 Å². The van der Waals surface area contributed by atoms with Crippen molar-refractivity contribution in [2.75, 3.05) is 0 Å². The molecular weight excluding hydrogens is 468 g/mol. The SMILES string of the molecule is Cc1c(OC(=O)C(Cl)c2ccccc2)ccc2c1O/C(=C\c1ccccc1Br)C2=O. The van der Waals surface area contributed by atoms with Crippen molar-refractivity contribution in [1.82, 2.24) is 0 Å². The van der Waals surface area contributed by atoms with Crippen molar-refractivity contribution in [2.24, 2.45) is 0 Å². The number of allylic oxidation sites excluding steroid dienone is 1. The number of alkyl halides is 1. The fraction of sp³-hybridized carbons (Fsp3) is 0.0833. The van der Waals surface area contributed by atoms with Gasteiger partial charge < -0.3 is 9.47 Å². The molecule has 0 saturated carbocycles. The Kier molecular flexibility index (Phi) is 5.75. The summed E-state index contributed by atoms with van der Waals surface area (Å²) in [4.78, 5) is 25.2. The highest BCUT2D eigenvalue weighted by Crippen LogP contribution is 2.40. The number of hydrogen-bond donors (Lipinski definition) is 0. The summed E-state index contributed by atoms with van der Waals surface area (Å²) in [5.41, 5.74) is 2.46. The van der Waals surface area contributed by atoms with Gasteiger partial charge >= 0.3 is 5.97 Å². The predicted octanol–water partition coefficient (Wildman–Crippen LogP) is 6.26. The third kappa shape index (κ3) is 3.91. The number of halogens is 2. The number of benzene rings is 3. The van der Waals surface area contributed by atoms with E-state index in [0.29, 0.717) is 28.2 Å². The Bertz CT molecular complexity index is 1170. The fourth-order valence-electron chi connectivity index (χ4n) is 3.13. The molecule has 1 aliphatic heterocycles. The normalized spacial score (nSPS) is 14.9. The Morgan fingerprint density at radius 2 is 1.77 bits per heavy atom. The first-order valence-corrected chi connectivity index (χ1v) is 10.4. The zero-order chi connectivity index (χ0) is 21.3. The molecule has 0 bridgehead atoms. The van der Waals surface area contributed by atoms with Crippen LogP contribution >= 0.6 is 27.5 Å². The van der Waals surface area contributed by atoms with E-state index in [1.807, 2.05) is 30.3 Å². The minimum Gasteiger partial charge on any atom is -0.452 e. The van der Waals surface area contributed by atoms with Crippen LogP contribution in [0.25, 0.3) is 6.08 Å². The summed E-state index contributed by atoms with van der Waals surface area (Å²) in [5, 5.41) is -0.938. The van der Waals surface area contributed by atoms with Gasteiger partial charge in [0, 0.05) is 10.0 Å². The number of Topliss-reactive ketones (excluding diaryl/α,β-unsaturated/α-hetero) is 1. The lowest BCUT2D eigenvalue weighted by Gasteiger charge is -2.13. The Hall–Kier alpha value is -2.89. The second-order valence-corrected chi connectivity index (χ2v) is 8.01. The first-order valence-electron chi connectivity index (χ1n) is 9.19. The topological polar surface area (TPSA) is 52.6 Å². The lowest BCUT2D eigenvalue weighted by Crippen LogP contribution is -2.15. The molecule has 1 aliphatic rings. The smallest absolute Gasteiger partial charge is 0.334 e. The lowest BCUT2D eigenvalue weighted by molar-refractivity contribution is -0.134. The van der Waals surface area contributed by atoms with Crippen molar-refractivity contribution < 1.29 is 19.1 Å². The Morgan fingerprint density at radius 3 is 2.50 bits per heavy atom. The van der Waals surface area contributed by atoms with Crippen LogP contribution in [-0.2, 0) is 4.79 Å². The minimum atomic E-state index is -0.938. The molecule has 0 aromatic heterocycles.